The first-order valence-corrected chi connectivity index (χ1v) is 6.32. The van der Waals surface area contributed by atoms with Crippen molar-refractivity contribution < 1.29 is 14.7 Å². The topological polar surface area (TPSA) is 66.4 Å². The van der Waals surface area contributed by atoms with Crippen molar-refractivity contribution in [2.75, 3.05) is 0 Å². The molecule has 0 spiro atoms. The van der Waals surface area contributed by atoms with Crippen LogP contribution in [0.2, 0.25) is 0 Å². The van der Waals surface area contributed by atoms with Crippen LogP contribution in [0.3, 0.4) is 0 Å². The van der Waals surface area contributed by atoms with E-state index >= 15 is 0 Å². The molecule has 1 unspecified atom stereocenters. The Bertz CT molecular complexity index is 532. The predicted molar refractivity (Wildman–Crippen MR) is 71.6 cm³/mol. The lowest BCUT2D eigenvalue weighted by Crippen LogP contribution is -2.33. The number of hydrogen-bond donors (Lipinski definition) is 2. The minimum atomic E-state index is -0.475. The van der Waals surface area contributed by atoms with Gasteiger partial charge in [-0.15, -0.1) is 0 Å². The van der Waals surface area contributed by atoms with E-state index in [9.17, 15) is 14.7 Å². The summed E-state index contributed by atoms with van der Waals surface area (Å²) < 4.78 is 0. The van der Waals surface area contributed by atoms with E-state index in [1.165, 1.54) is 0 Å². The molecule has 0 saturated carbocycles. The number of benzene rings is 1. The van der Waals surface area contributed by atoms with Crippen molar-refractivity contribution in [3.8, 4) is 0 Å². The monoisotopic (exact) mass is 259 g/mol. The van der Waals surface area contributed by atoms with Gasteiger partial charge in [-0.2, -0.15) is 0 Å². The highest BCUT2D eigenvalue weighted by atomic mass is 16.3. The van der Waals surface area contributed by atoms with Gasteiger partial charge in [0.1, 0.15) is 11.3 Å². The molecule has 1 atom stereocenters. The number of hydrogen-bond acceptors (Lipinski definition) is 3. The zero-order valence-corrected chi connectivity index (χ0v) is 11.0. The summed E-state index contributed by atoms with van der Waals surface area (Å²) in [6.07, 6.45) is 0.123. The van der Waals surface area contributed by atoms with E-state index in [0.29, 0.717) is 0 Å². The zero-order chi connectivity index (χ0) is 14.0. The van der Waals surface area contributed by atoms with Crippen LogP contribution in [-0.4, -0.2) is 22.8 Å². The lowest BCUT2D eigenvalue weighted by Gasteiger charge is -2.14. The smallest absolute Gasteiger partial charge is 0.259 e. The number of amides is 1. The summed E-state index contributed by atoms with van der Waals surface area (Å²) >= 11 is 0. The fourth-order valence-electron chi connectivity index (χ4n) is 2.18. The minimum absolute atomic E-state index is 0.0472. The third-order valence-corrected chi connectivity index (χ3v) is 3.22. The molecule has 1 aliphatic heterocycles. The first-order valence-electron chi connectivity index (χ1n) is 6.32. The van der Waals surface area contributed by atoms with Crippen LogP contribution in [0.25, 0.3) is 0 Å². The number of nitrogens with one attached hydrogen (secondary N) is 1. The fraction of sp³-hybridized carbons (Fsp3) is 0.333. The molecule has 2 N–H and O–H groups in total. The first-order chi connectivity index (χ1) is 9.00. The molecule has 100 valence electrons. The molecule has 0 fully saturated rings. The van der Waals surface area contributed by atoms with Crippen LogP contribution in [0.5, 0.6) is 0 Å². The van der Waals surface area contributed by atoms with Gasteiger partial charge in [0, 0.05) is 6.42 Å². The Morgan fingerprint density at radius 2 is 1.95 bits per heavy atom. The molecule has 0 aliphatic carbocycles. The van der Waals surface area contributed by atoms with Gasteiger partial charge in [-0.1, -0.05) is 44.2 Å². The van der Waals surface area contributed by atoms with Crippen molar-refractivity contribution in [2.24, 2.45) is 5.92 Å². The maximum absolute atomic E-state index is 12.1. The molecule has 0 saturated heterocycles. The normalized spacial score (nSPS) is 18.9. The predicted octanol–water partition coefficient (Wildman–Crippen LogP) is 1.76. The second-order valence-corrected chi connectivity index (χ2v) is 5.04. The molecule has 19 heavy (non-hydrogen) atoms. The number of ketones is 1. The van der Waals surface area contributed by atoms with Crippen molar-refractivity contribution in [2.45, 2.75) is 26.3 Å². The third kappa shape index (κ3) is 2.67. The maximum Gasteiger partial charge on any atom is 0.259 e. The molecule has 4 nitrogen and oxygen atoms in total. The molecule has 1 amide bonds. The SMILES string of the molecule is CC(C)C1NC(=O)C(C(=O)Cc2ccccc2)=C1O. The number of rotatable bonds is 4. The zero-order valence-electron chi connectivity index (χ0n) is 11.0. The van der Waals surface area contributed by atoms with Gasteiger partial charge in [0.15, 0.2) is 5.78 Å². The summed E-state index contributed by atoms with van der Waals surface area (Å²) in [4.78, 5) is 23.9. The van der Waals surface area contributed by atoms with Gasteiger partial charge in [-0.3, -0.25) is 9.59 Å². The summed E-state index contributed by atoms with van der Waals surface area (Å²) in [6, 6.07) is 8.72. The molecule has 1 aromatic rings. The standard InChI is InChI=1S/C15H17NO3/c1-9(2)13-14(18)12(15(19)16-13)11(17)8-10-6-4-3-5-7-10/h3-7,9,13,18H,8H2,1-2H3,(H,16,19). The number of carbonyl (C=O) groups excluding carboxylic acids is 2. The Labute approximate surface area is 112 Å². The molecule has 4 heteroatoms. The Balaban J connectivity index is 2.21. The van der Waals surface area contributed by atoms with Crippen LogP contribution >= 0.6 is 0 Å². The molecule has 1 aliphatic rings. The average Bonchev–Trinajstić information content (AvgIpc) is 2.66. The van der Waals surface area contributed by atoms with Gasteiger partial charge >= 0.3 is 0 Å². The van der Waals surface area contributed by atoms with E-state index in [-0.39, 0.29) is 29.5 Å². The lowest BCUT2D eigenvalue weighted by atomic mass is 9.99. The highest BCUT2D eigenvalue weighted by molar-refractivity contribution is 6.21. The van der Waals surface area contributed by atoms with Crippen molar-refractivity contribution >= 4 is 11.7 Å². The van der Waals surface area contributed by atoms with Gasteiger partial charge in [0.05, 0.1) is 6.04 Å². The van der Waals surface area contributed by atoms with Crippen LogP contribution in [0, 0.1) is 5.92 Å². The molecule has 0 radical (unpaired) electrons. The summed E-state index contributed by atoms with van der Waals surface area (Å²) in [7, 11) is 0. The van der Waals surface area contributed by atoms with Crippen molar-refractivity contribution in [3.63, 3.8) is 0 Å². The maximum atomic E-state index is 12.1. The van der Waals surface area contributed by atoms with E-state index in [2.05, 4.69) is 5.32 Å². The molecule has 1 aromatic carbocycles. The summed E-state index contributed by atoms with van der Waals surface area (Å²) in [5.74, 6) is -0.895. The van der Waals surface area contributed by atoms with Gasteiger partial charge in [-0.25, -0.2) is 0 Å². The Hall–Kier alpha value is -2.10. The van der Waals surface area contributed by atoms with Gasteiger partial charge < -0.3 is 10.4 Å². The van der Waals surface area contributed by atoms with E-state index in [4.69, 9.17) is 0 Å². The average molecular weight is 259 g/mol. The second-order valence-electron chi connectivity index (χ2n) is 5.04. The Kier molecular flexibility index (Phi) is 3.69. The van der Waals surface area contributed by atoms with Crippen LogP contribution in [0.4, 0.5) is 0 Å². The van der Waals surface area contributed by atoms with E-state index in [1.807, 2.05) is 44.2 Å². The second kappa shape index (κ2) is 5.26. The lowest BCUT2D eigenvalue weighted by molar-refractivity contribution is -0.121. The van der Waals surface area contributed by atoms with E-state index < -0.39 is 11.9 Å². The van der Waals surface area contributed by atoms with Crippen molar-refractivity contribution in [1.29, 1.82) is 0 Å². The van der Waals surface area contributed by atoms with Crippen LogP contribution < -0.4 is 5.32 Å². The molecular weight excluding hydrogens is 242 g/mol. The molecule has 0 aromatic heterocycles. The largest absolute Gasteiger partial charge is 0.509 e. The Morgan fingerprint density at radius 1 is 1.32 bits per heavy atom. The third-order valence-electron chi connectivity index (χ3n) is 3.22. The van der Waals surface area contributed by atoms with Crippen LogP contribution in [0.15, 0.2) is 41.7 Å². The molecular formula is C15H17NO3. The van der Waals surface area contributed by atoms with Crippen molar-refractivity contribution in [1.82, 2.24) is 5.32 Å². The minimum Gasteiger partial charge on any atom is -0.509 e. The highest BCUT2D eigenvalue weighted by Gasteiger charge is 2.36. The van der Waals surface area contributed by atoms with E-state index in [1.54, 1.807) is 0 Å². The van der Waals surface area contributed by atoms with Gasteiger partial charge in [-0.05, 0) is 11.5 Å². The van der Waals surface area contributed by atoms with Gasteiger partial charge in [0.2, 0.25) is 0 Å². The van der Waals surface area contributed by atoms with E-state index in [0.717, 1.165) is 5.56 Å². The van der Waals surface area contributed by atoms with Crippen LogP contribution in [0.1, 0.15) is 19.4 Å². The summed E-state index contributed by atoms with van der Waals surface area (Å²) in [5, 5.41) is 12.6. The molecule has 2 rings (SSSR count). The Morgan fingerprint density at radius 3 is 2.47 bits per heavy atom. The summed E-state index contributed by atoms with van der Waals surface area (Å²) in [6.45, 7) is 3.76. The highest BCUT2D eigenvalue weighted by Crippen LogP contribution is 2.22. The molecule has 0 bridgehead atoms. The van der Waals surface area contributed by atoms with Gasteiger partial charge in [0.25, 0.3) is 5.91 Å². The first kappa shape index (κ1) is 13.3. The quantitative estimate of drug-likeness (QED) is 0.810. The number of Topliss-reactive ketones (excluding diaryl/α,β-unsaturated/α-hetero) is 1. The van der Waals surface area contributed by atoms with Crippen molar-refractivity contribution in [3.05, 3.63) is 47.2 Å². The number of carbonyl (C=O) groups is 2. The number of aliphatic hydroxyl groups is 1. The number of aliphatic hydroxyl groups excluding tert-OH is 1. The molecule has 1 heterocycles. The van der Waals surface area contributed by atoms with Crippen LogP contribution in [-0.2, 0) is 16.0 Å². The summed E-state index contributed by atoms with van der Waals surface area (Å²) in [5.41, 5.74) is 0.733. The fourth-order valence-corrected chi connectivity index (χ4v) is 2.18.